The third kappa shape index (κ3) is 4.59. The highest BCUT2D eigenvalue weighted by Crippen LogP contribution is 2.72. The molecular weight excluding hydrogens is 458 g/mol. The molecule has 5 fully saturated rings. The molecule has 3 saturated heterocycles. The highest BCUT2D eigenvalue weighted by molar-refractivity contribution is 5.29. The van der Waals surface area contributed by atoms with Crippen LogP contribution in [-0.2, 0) is 23.7 Å². The van der Waals surface area contributed by atoms with Gasteiger partial charge >= 0.3 is 0 Å². The second-order valence-electron chi connectivity index (χ2n) is 13.1. The minimum absolute atomic E-state index is 0.0540. The van der Waals surface area contributed by atoms with Crippen molar-refractivity contribution in [2.45, 2.75) is 128 Å². The summed E-state index contributed by atoms with van der Waals surface area (Å²) in [7, 11) is 0. The van der Waals surface area contributed by atoms with E-state index in [4.69, 9.17) is 29.4 Å². The molecule has 2 aliphatic carbocycles. The van der Waals surface area contributed by atoms with Crippen molar-refractivity contribution in [2.75, 3.05) is 33.0 Å². The largest absolute Gasteiger partial charge is 0.391 e. The van der Waals surface area contributed by atoms with Crippen LogP contribution in [0.25, 0.3) is 0 Å². The van der Waals surface area contributed by atoms with Crippen molar-refractivity contribution in [3.8, 4) is 0 Å². The predicted molar refractivity (Wildman–Crippen MR) is 138 cm³/mol. The molecule has 3 aliphatic heterocycles. The first-order valence-electron chi connectivity index (χ1n) is 14.8. The summed E-state index contributed by atoms with van der Waals surface area (Å²) in [6.45, 7) is 12.1. The zero-order valence-electron chi connectivity index (χ0n) is 23.1. The maximum atomic E-state index is 10.2. The maximum absolute atomic E-state index is 10.2. The molecule has 0 aromatic carbocycles. The van der Waals surface area contributed by atoms with E-state index >= 15 is 0 Å². The lowest BCUT2D eigenvalue weighted by molar-refractivity contribution is -0.260. The van der Waals surface area contributed by atoms with Crippen LogP contribution in [0.15, 0.2) is 0 Å². The van der Waals surface area contributed by atoms with Gasteiger partial charge in [-0.2, -0.15) is 0 Å². The van der Waals surface area contributed by atoms with E-state index in [2.05, 4.69) is 20.8 Å². The van der Waals surface area contributed by atoms with Crippen molar-refractivity contribution in [2.24, 2.45) is 28.4 Å². The molecule has 3 heterocycles. The number of nitrogens with two attached hydrogens (primary N) is 1. The van der Waals surface area contributed by atoms with Crippen molar-refractivity contribution in [3.05, 3.63) is 0 Å². The molecule has 208 valence electrons. The van der Waals surface area contributed by atoms with Crippen molar-refractivity contribution >= 4 is 0 Å². The van der Waals surface area contributed by atoms with Gasteiger partial charge < -0.3 is 34.5 Å². The number of aliphatic hydroxyl groups is 1. The predicted octanol–water partition coefficient (Wildman–Crippen LogP) is 3.83. The van der Waals surface area contributed by atoms with Crippen molar-refractivity contribution in [1.29, 1.82) is 0 Å². The van der Waals surface area contributed by atoms with E-state index in [1.807, 2.05) is 6.92 Å². The van der Waals surface area contributed by atoms with Crippen LogP contribution in [0.5, 0.6) is 0 Å². The molecule has 0 aromatic rings. The molecule has 7 nitrogen and oxygen atoms in total. The molecule has 7 heteroatoms. The van der Waals surface area contributed by atoms with Crippen LogP contribution in [0.2, 0.25) is 0 Å². The van der Waals surface area contributed by atoms with Crippen molar-refractivity contribution in [1.82, 2.24) is 0 Å². The van der Waals surface area contributed by atoms with Gasteiger partial charge in [0.25, 0.3) is 0 Å². The average molecular weight is 510 g/mol. The Hall–Kier alpha value is -0.280. The monoisotopic (exact) mass is 509 g/mol. The Labute approximate surface area is 218 Å². The third-order valence-corrected chi connectivity index (χ3v) is 10.9. The van der Waals surface area contributed by atoms with Gasteiger partial charge in [0.2, 0.25) is 0 Å². The molecule has 1 unspecified atom stereocenters. The van der Waals surface area contributed by atoms with E-state index in [-0.39, 0.29) is 52.8 Å². The first kappa shape index (κ1) is 27.3. The fourth-order valence-electron chi connectivity index (χ4n) is 8.07. The summed E-state index contributed by atoms with van der Waals surface area (Å²) in [5, 5.41) is 10.2. The van der Waals surface area contributed by atoms with E-state index in [1.54, 1.807) is 0 Å². The fraction of sp³-hybridized carbons (Fsp3) is 1.00. The number of ether oxygens (including phenoxy) is 5. The Morgan fingerprint density at radius 3 is 2.47 bits per heavy atom. The summed E-state index contributed by atoms with van der Waals surface area (Å²) < 4.78 is 32.6. The van der Waals surface area contributed by atoms with E-state index in [9.17, 15) is 5.11 Å². The first-order valence-corrected chi connectivity index (χ1v) is 14.8. The van der Waals surface area contributed by atoms with Crippen molar-refractivity contribution in [3.63, 3.8) is 0 Å². The van der Waals surface area contributed by atoms with Gasteiger partial charge in [0.15, 0.2) is 0 Å². The smallest absolute Gasteiger partial charge is 0.126 e. The van der Waals surface area contributed by atoms with Crippen LogP contribution in [0, 0.1) is 22.7 Å². The molecule has 2 saturated carbocycles. The molecule has 5 aliphatic rings. The normalized spacial score (nSPS) is 51.7. The molecule has 36 heavy (non-hydrogen) atoms. The number of hydrogen-bond acceptors (Lipinski definition) is 7. The van der Waals surface area contributed by atoms with Gasteiger partial charge in [-0.05, 0) is 57.3 Å². The van der Waals surface area contributed by atoms with Crippen molar-refractivity contribution < 1.29 is 28.8 Å². The summed E-state index contributed by atoms with van der Waals surface area (Å²) in [4.78, 5) is 0. The maximum Gasteiger partial charge on any atom is 0.126 e. The van der Waals surface area contributed by atoms with Crippen LogP contribution in [0.3, 0.4) is 0 Å². The molecule has 0 radical (unpaired) electrons. The van der Waals surface area contributed by atoms with Crippen LogP contribution < -0.4 is 5.73 Å². The molecule has 2 spiro atoms. The average Bonchev–Trinajstić information content (AvgIpc) is 3.62. The lowest BCUT2D eigenvalue weighted by atomic mass is 9.50. The van der Waals surface area contributed by atoms with Crippen LogP contribution in [-0.4, -0.2) is 80.3 Å². The fourth-order valence-corrected chi connectivity index (χ4v) is 8.07. The van der Waals surface area contributed by atoms with E-state index in [1.165, 1.54) is 6.42 Å². The molecule has 3 N–H and O–H groups in total. The zero-order valence-corrected chi connectivity index (χ0v) is 23.1. The van der Waals surface area contributed by atoms with Gasteiger partial charge in [-0.3, -0.25) is 0 Å². The Bertz CT molecular complexity index is 745. The van der Waals surface area contributed by atoms with Gasteiger partial charge in [0, 0.05) is 36.5 Å². The Kier molecular flexibility index (Phi) is 8.12. The Morgan fingerprint density at radius 2 is 1.72 bits per heavy atom. The molecule has 11 atom stereocenters. The summed E-state index contributed by atoms with van der Waals surface area (Å²) in [6, 6.07) is -0.0540. The van der Waals surface area contributed by atoms with E-state index in [0.29, 0.717) is 25.7 Å². The summed E-state index contributed by atoms with van der Waals surface area (Å²) in [6.07, 6.45) is 9.00. The standard InChI is InChI=1S/C29H51NO6/c1-19-9-11-28-17-32-16-22(30)20(2)10-13-33-23(21(3)31)8-6-5-7-12-34-24-15-26(36-25(28)14-19)29(18-35-29)27(24,28)4/h19-26,31H,5-18,30H2,1-4H3/t19?,20-,21-,22-,23-,24-,25-,26-,27-,28-,29+/m1/s1. The van der Waals surface area contributed by atoms with Gasteiger partial charge in [-0.15, -0.1) is 0 Å². The Balaban J connectivity index is 1.37. The lowest BCUT2D eigenvalue weighted by Gasteiger charge is -2.60. The highest BCUT2D eigenvalue weighted by atomic mass is 16.6. The SMILES string of the molecule is CC1CC[C@@]23COC[C@@H](N)[C@H](C)CCO[C@@H]([C@@H](C)O)CCCCCO[C@@H]4C[C@@H](O[C@@H]2C1)[C@@]1(CO1)[C@]43C. The number of epoxide rings is 1. The second-order valence-corrected chi connectivity index (χ2v) is 13.1. The van der Waals surface area contributed by atoms with Crippen LogP contribution >= 0.6 is 0 Å². The summed E-state index contributed by atoms with van der Waals surface area (Å²) in [5.74, 6) is 0.944. The van der Waals surface area contributed by atoms with Crippen LogP contribution in [0.4, 0.5) is 0 Å². The molecule has 5 rings (SSSR count). The van der Waals surface area contributed by atoms with Gasteiger partial charge in [-0.25, -0.2) is 0 Å². The molecule has 0 aromatic heterocycles. The quantitative estimate of drug-likeness (QED) is 0.519. The van der Waals surface area contributed by atoms with Crippen LogP contribution in [0.1, 0.15) is 85.5 Å². The second kappa shape index (κ2) is 10.7. The summed E-state index contributed by atoms with van der Waals surface area (Å²) in [5.41, 5.74) is 6.14. The topological polar surface area (TPSA) is 95.7 Å². The van der Waals surface area contributed by atoms with Gasteiger partial charge in [0.05, 0.1) is 50.3 Å². The highest BCUT2D eigenvalue weighted by Gasteiger charge is 2.82. The number of aliphatic hydroxyl groups excluding tert-OH is 1. The minimum atomic E-state index is -0.464. The zero-order chi connectivity index (χ0) is 25.6. The summed E-state index contributed by atoms with van der Waals surface area (Å²) >= 11 is 0. The van der Waals surface area contributed by atoms with E-state index < -0.39 is 6.10 Å². The molecule has 0 amide bonds. The number of rotatable bonds is 1. The molecule has 2 bridgehead atoms. The Morgan fingerprint density at radius 1 is 0.917 bits per heavy atom. The van der Waals surface area contributed by atoms with Gasteiger partial charge in [-0.1, -0.05) is 33.6 Å². The van der Waals surface area contributed by atoms with Gasteiger partial charge in [0.1, 0.15) is 5.60 Å². The minimum Gasteiger partial charge on any atom is -0.391 e. The lowest BCUT2D eigenvalue weighted by Crippen LogP contribution is -2.67. The third-order valence-electron chi connectivity index (χ3n) is 10.9. The molecular formula is C29H51NO6. The number of hydrogen-bond donors (Lipinski definition) is 2. The first-order chi connectivity index (χ1) is 17.2. The van der Waals surface area contributed by atoms with E-state index in [0.717, 1.165) is 64.6 Å².